The van der Waals surface area contributed by atoms with Crippen molar-refractivity contribution in [3.8, 4) is 11.5 Å². The summed E-state index contributed by atoms with van der Waals surface area (Å²) in [5.41, 5.74) is 0.903. The summed E-state index contributed by atoms with van der Waals surface area (Å²) in [6.07, 6.45) is 2.24. The molecule has 0 aromatic heterocycles. The fraction of sp³-hybridized carbons (Fsp3) is 0.571. The maximum atomic E-state index is 13.9. The van der Waals surface area contributed by atoms with Crippen molar-refractivity contribution >= 4 is 0 Å². The smallest absolute Gasteiger partial charge is 0.197 e. The quantitative estimate of drug-likeness (QED) is 0.869. The minimum atomic E-state index is -0.334. The molecule has 2 aliphatic heterocycles. The largest absolute Gasteiger partial charge is 0.486 e. The molecule has 1 aromatic carbocycles. The molecule has 0 amide bonds. The lowest BCUT2D eigenvalue weighted by atomic mass is 10.1. The number of rotatable bonds is 3. The molecule has 0 unspecified atom stereocenters. The van der Waals surface area contributed by atoms with Crippen LogP contribution < -0.4 is 20.1 Å². The number of halogens is 1. The van der Waals surface area contributed by atoms with Crippen LogP contribution in [0.25, 0.3) is 0 Å². The van der Waals surface area contributed by atoms with E-state index in [2.05, 4.69) is 10.6 Å². The monoisotopic (exact) mass is 266 g/mol. The number of hydrogen-bond donors (Lipinski definition) is 2. The second kappa shape index (κ2) is 5.75. The lowest BCUT2D eigenvalue weighted by molar-refractivity contribution is 0.164. The fourth-order valence-electron chi connectivity index (χ4n) is 2.55. The van der Waals surface area contributed by atoms with Gasteiger partial charge in [0.1, 0.15) is 13.2 Å². The van der Waals surface area contributed by atoms with Crippen LogP contribution in [-0.2, 0) is 6.54 Å². The second-order valence-electron chi connectivity index (χ2n) is 5.01. The Kier molecular flexibility index (Phi) is 3.84. The average molecular weight is 266 g/mol. The minimum absolute atomic E-state index is 0.247. The van der Waals surface area contributed by atoms with Crippen LogP contribution in [0, 0.1) is 5.82 Å². The van der Waals surface area contributed by atoms with Gasteiger partial charge in [-0.3, -0.25) is 0 Å². The molecule has 0 saturated carbocycles. The topological polar surface area (TPSA) is 42.5 Å². The third-order valence-electron chi connectivity index (χ3n) is 3.59. The van der Waals surface area contributed by atoms with E-state index in [1.54, 1.807) is 0 Å². The number of benzene rings is 1. The lowest BCUT2D eigenvalue weighted by Crippen LogP contribution is -2.39. The highest BCUT2D eigenvalue weighted by atomic mass is 19.1. The van der Waals surface area contributed by atoms with E-state index < -0.39 is 0 Å². The molecule has 3 rings (SSSR count). The summed E-state index contributed by atoms with van der Waals surface area (Å²) in [5, 5.41) is 6.80. The Morgan fingerprint density at radius 1 is 1.21 bits per heavy atom. The van der Waals surface area contributed by atoms with E-state index in [0.717, 1.165) is 31.5 Å². The number of piperidine rings is 1. The van der Waals surface area contributed by atoms with Crippen LogP contribution in [0.5, 0.6) is 11.5 Å². The van der Waals surface area contributed by atoms with Crippen molar-refractivity contribution in [2.24, 2.45) is 0 Å². The molecule has 5 heteroatoms. The van der Waals surface area contributed by atoms with Crippen LogP contribution in [0.1, 0.15) is 18.4 Å². The molecule has 0 spiro atoms. The predicted octanol–water partition coefficient (Wildman–Crippen LogP) is 1.44. The van der Waals surface area contributed by atoms with Gasteiger partial charge in [-0.05, 0) is 43.6 Å². The summed E-state index contributed by atoms with van der Waals surface area (Å²) in [6.45, 7) is 3.66. The van der Waals surface area contributed by atoms with Crippen LogP contribution in [0.2, 0.25) is 0 Å². The summed E-state index contributed by atoms with van der Waals surface area (Å²) in [4.78, 5) is 0. The average Bonchev–Trinajstić information content (AvgIpc) is 2.46. The number of ether oxygens (including phenoxy) is 2. The summed E-state index contributed by atoms with van der Waals surface area (Å²) in [6, 6.07) is 3.91. The predicted molar refractivity (Wildman–Crippen MR) is 70.1 cm³/mol. The SMILES string of the molecule is Fc1cc(CNC2CCNCC2)cc2c1OCCO2. The highest BCUT2D eigenvalue weighted by Crippen LogP contribution is 2.34. The molecule has 1 saturated heterocycles. The summed E-state index contributed by atoms with van der Waals surface area (Å²) in [7, 11) is 0. The van der Waals surface area contributed by atoms with E-state index in [-0.39, 0.29) is 11.6 Å². The summed E-state index contributed by atoms with van der Waals surface area (Å²) in [5.74, 6) is 0.435. The first kappa shape index (κ1) is 12.7. The van der Waals surface area contributed by atoms with Crippen molar-refractivity contribution in [3.05, 3.63) is 23.5 Å². The molecule has 0 radical (unpaired) electrons. The van der Waals surface area contributed by atoms with Gasteiger partial charge in [0, 0.05) is 12.6 Å². The van der Waals surface area contributed by atoms with Gasteiger partial charge in [-0.2, -0.15) is 0 Å². The molecular formula is C14H19FN2O2. The van der Waals surface area contributed by atoms with Crippen molar-refractivity contribution in [2.75, 3.05) is 26.3 Å². The Balaban J connectivity index is 1.65. The third-order valence-corrected chi connectivity index (χ3v) is 3.59. The van der Waals surface area contributed by atoms with Crippen LogP contribution in [-0.4, -0.2) is 32.3 Å². The Morgan fingerprint density at radius 2 is 2.00 bits per heavy atom. The first-order valence-electron chi connectivity index (χ1n) is 6.85. The third kappa shape index (κ3) is 2.98. The molecule has 4 nitrogen and oxygen atoms in total. The standard InChI is InChI=1S/C14H19FN2O2/c15-12-7-10(8-13-14(12)19-6-5-18-13)9-17-11-1-3-16-4-2-11/h7-8,11,16-17H,1-6,9H2. The minimum Gasteiger partial charge on any atom is -0.486 e. The van der Waals surface area contributed by atoms with E-state index >= 15 is 0 Å². The zero-order valence-electron chi connectivity index (χ0n) is 10.9. The van der Waals surface area contributed by atoms with Crippen LogP contribution >= 0.6 is 0 Å². The van der Waals surface area contributed by atoms with Crippen molar-refractivity contribution in [1.82, 2.24) is 10.6 Å². The maximum absolute atomic E-state index is 13.9. The van der Waals surface area contributed by atoms with Gasteiger partial charge in [0.15, 0.2) is 17.3 Å². The van der Waals surface area contributed by atoms with Crippen molar-refractivity contribution in [1.29, 1.82) is 0 Å². The van der Waals surface area contributed by atoms with E-state index in [1.807, 2.05) is 6.07 Å². The van der Waals surface area contributed by atoms with Gasteiger partial charge in [-0.1, -0.05) is 0 Å². The molecule has 1 fully saturated rings. The van der Waals surface area contributed by atoms with Gasteiger partial charge in [0.2, 0.25) is 0 Å². The maximum Gasteiger partial charge on any atom is 0.197 e. The summed E-state index contributed by atoms with van der Waals surface area (Å²) >= 11 is 0. The Hall–Kier alpha value is -1.33. The highest BCUT2D eigenvalue weighted by Gasteiger charge is 2.18. The Bertz CT molecular complexity index is 447. The van der Waals surface area contributed by atoms with Crippen LogP contribution in [0.15, 0.2) is 12.1 Å². The first-order valence-corrected chi connectivity index (χ1v) is 6.85. The van der Waals surface area contributed by atoms with Gasteiger partial charge in [-0.25, -0.2) is 4.39 Å². The highest BCUT2D eigenvalue weighted by molar-refractivity contribution is 5.45. The molecule has 104 valence electrons. The molecule has 0 aliphatic carbocycles. The van der Waals surface area contributed by atoms with Gasteiger partial charge in [-0.15, -0.1) is 0 Å². The normalized spacial score (nSPS) is 19.4. The van der Waals surface area contributed by atoms with Gasteiger partial charge in [0.25, 0.3) is 0 Å². The molecule has 2 N–H and O–H groups in total. The van der Waals surface area contributed by atoms with Gasteiger partial charge < -0.3 is 20.1 Å². The molecule has 0 bridgehead atoms. The zero-order chi connectivity index (χ0) is 13.1. The van der Waals surface area contributed by atoms with Crippen molar-refractivity contribution in [2.45, 2.75) is 25.4 Å². The zero-order valence-corrected chi connectivity index (χ0v) is 10.9. The van der Waals surface area contributed by atoms with Crippen LogP contribution in [0.3, 0.4) is 0 Å². The van der Waals surface area contributed by atoms with E-state index in [9.17, 15) is 4.39 Å². The number of hydrogen-bond acceptors (Lipinski definition) is 4. The first-order chi connectivity index (χ1) is 9.33. The number of fused-ring (bicyclic) bond motifs is 1. The Labute approximate surface area is 112 Å². The molecule has 1 aromatic rings. The van der Waals surface area contributed by atoms with Gasteiger partial charge >= 0.3 is 0 Å². The Morgan fingerprint density at radius 3 is 2.84 bits per heavy atom. The lowest BCUT2D eigenvalue weighted by Gasteiger charge is -2.24. The number of nitrogens with one attached hydrogen (secondary N) is 2. The van der Waals surface area contributed by atoms with Gasteiger partial charge in [0.05, 0.1) is 0 Å². The molecule has 19 heavy (non-hydrogen) atoms. The molecule has 2 heterocycles. The fourth-order valence-corrected chi connectivity index (χ4v) is 2.55. The van der Waals surface area contributed by atoms with E-state index in [0.29, 0.717) is 31.5 Å². The second-order valence-corrected chi connectivity index (χ2v) is 5.01. The van der Waals surface area contributed by atoms with Crippen molar-refractivity contribution in [3.63, 3.8) is 0 Å². The molecular weight excluding hydrogens is 247 g/mol. The van der Waals surface area contributed by atoms with E-state index in [1.165, 1.54) is 6.07 Å². The van der Waals surface area contributed by atoms with Crippen LogP contribution in [0.4, 0.5) is 4.39 Å². The summed E-state index contributed by atoms with van der Waals surface area (Å²) < 4.78 is 24.6. The van der Waals surface area contributed by atoms with E-state index in [4.69, 9.17) is 9.47 Å². The molecule has 0 atom stereocenters. The van der Waals surface area contributed by atoms with Crippen molar-refractivity contribution < 1.29 is 13.9 Å². The molecule has 2 aliphatic rings.